The van der Waals surface area contributed by atoms with E-state index in [4.69, 9.17) is 19.9 Å². The molecule has 39 heavy (non-hydrogen) atoms. The quantitative estimate of drug-likeness (QED) is 0.388. The van der Waals surface area contributed by atoms with Gasteiger partial charge in [-0.05, 0) is 35.6 Å². The van der Waals surface area contributed by atoms with E-state index in [1.807, 2.05) is 13.8 Å². The van der Waals surface area contributed by atoms with Gasteiger partial charge in [0.25, 0.3) is 11.6 Å². The summed E-state index contributed by atoms with van der Waals surface area (Å²) in [5, 5.41) is 23.5. The third-order valence-electron chi connectivity index (χ3n) is 6.66. The molecule has 0 unspecified atom stereocenters. The number of nitriles is 1. The van der Waals surface area contributed by atoms with Crippen LogP contribution in [0.4, 0.5) is 11.4 Å². The number of hydrogen-bond acceptors (Lipinski definition) is 9. The molecule has 0 fully saturated rings. The fourth-order valence-electron chi connectivity index (χ4n) is 4.79. The number of amides is 1. The molecular formula is C28H28N4O7. The molecule has 0 bridgehead atoms. The fourth-order valence-corrected chi connectivity index (χ4v) is 4.79. The number of methoxy groups -OCH3 is 1. The first kappa shape index (κ1) is 27.2. The summed E-state index contributed by atoms with van der Waals surface area (Å²) in [6, 6.07) is 11.2. The Bertz CT molecular complexity index is 1480. The van der Waals surface area contributed by atoms with Crippen molar-refractivity contribution in [2.45, 2.75) is 39.5 Å². The number of carbonyl (C=O) groups excluding carboxylic acids is 2. The monoisotopic (exact) mass is 532 g/mol. The van der Waals surface area contributed by atoms with E-state index in [-0.39, 0.29) is 39.8 Å². The maximum Gasteiger partial charge on any atom is 0.271 e. The number of ether oxygens (including phenoxy) is 3. The lowest BCUT2D eigenvalue weighted by Crippen LogP contribution is -2.33. The Hall–Kier alpha value is -4.85. The SMILES string of the molecule is COc1cc([C@H]2C(C#N)=C(N)OC3=C2C(=O)CC(C)(C)C3)ccc1OCC(=O)Nc1cc([N+](=O)[O-])ccc1C. The summed E-state index contributed by atoms with van der Waals surface area (Å²) in [5.41, 5.74) is 7.72. The fraction of sp³-hybridized carbons (Fsp3) is 0.321. The smallest absolute Gasteiger partial charge is 0.271 e. The highest BCUT2D eigenvalue weighted by atomic mass is 16.6. The molecule has 2 aromatic carbocycles. The molecule has 1 atom stereocenters. The summed E-state index contributed by atoms with van der Waals surface area (Å²) in [7, 11) is 1.43. The van der Waals surface area contributed by atoms with Crippen LogP contribution in [-0.2, 0) is 14.3 Å². The second-order valence-corrected chi connectivity index (χ2v) is 10.2. The topological polar surface area (TPSA) is 167 Å². The number of benzene rings is 2. The predicted octanol–water partition coefficient (Wildman–Crippen LogP) is 4.38. The maximum atomic E-state index is 13.2. The van der Waals surface area contributed by atoms with Crippen LogP contribution in [0, 0.1) is 33.8 Å². The van der Waals surface area contributed by atoms with Crippen LogP contribution in [0.3, 0.4) is 0 Å². The normalized spacial score (nSPS) is 18.0. The Labute approximate surface area is 225 Å². The summed E-state index contributed by atoms with van der Waals surface area (Å²) in [5.74, 6) is -0.421. The molecule has 1 heterocycles. The molecule has 0 spiro atoms. The van der Waals surface area contributed by atoms with E-state index in [1.54, 1.807) is 31.2 Å². The molecule has 1 aliphatic carbocycles. The molecule has 2 aliphatic rings. The maximum absolute atomic E-state index is 13.2. The van der Waals surface area contributed by atoms with Crippen molar-refractivity contribution in [1.29, 1.82) is 5.26 Å². The molecule has 0 saturated carbocycles. The van der Waals surface area contributed by atoms with Gasteiger partial charge in [0.1, 0.15) is 17.4 Å². The molecule has 4 rings (SSSR count). The zero-order valence-corrected chi connectivity index (χ0v) is 22.0. The lowest BCUT2D eigenvalue weighted by atomic mass is 9.70. The van der Waals surface area contributed by atoms with Crippen molar-refractivity contribution >= 4 is 23.1 Å². The van der Waals surface area contributed by atoms with Crippen molar-refractivity contribution in [2.24, 2.45) is 11.1 Å². The first-order valence-corrected chi connectivity index (χ1v) is 12.1. The van der Waals surface area contributed by atoms with Crippen LogP contribution in [0.15, 0.2) is 59.2 Å². The van der Waals surface area contributed by atoms with Gasteiger partial charge in [0, 0.05) is 30.5 Å². The first-order chi connectivity index (χ1) is 18.4. The average molecular weight is 533 g/mol. The number of hydrogen-bond donors (Lipinski definition) is 2. The summed E-state index contributed by atoms with van der Waals surface area (Å²) in [6.07, 6.45) is 0.809. The number of anilines is 1. The lowest BCUT2D eigenvalue weighted by molar-refractivity contribution is -0.384. The predicted molar refractivity (Wildman–Crippen MR) is 141 cm³/mol. The first-order valence-electron chi connectivity index (χ1n) is 12.1. The van der Waals surface area contributed by atoms with Gasteiger partial charge in [-0.25, -0.2) is 0 Å². The van der Waals surface area contributed by atoms with Crippen LogP contribution in [-0.4, -0.2) is 30.3 Å². The third-order valence-corrected chi connectivity index (χ3v) is 6.66. The van der Waals surface area contributed by atoms with Gasteiger partial charge in [-0.1, -0.05) is 26.0 Å². The number of allylic oxidation sites excluding steroid dienone is 3. The van der Waals surface area contributed by atoms with E-state index < -0.39 is 23.4 Å². The van der Waals surface area contributed by atoms with Gasteiger partial charge in [-0.15, -0.1) is 0 Å². The number of non-ortho nitro benzene ring substituents is 1. The van der Waals surface area contributed by atoms with E-state index in [1.165, 1.54) is 19.2 Å². The van der Waals surface area contributed by atoms with E-state index >= 15 is 0 Å². The standard InChI is InChI=1S/C28H28N4O7/c1-15-5-7-17(32(35)36)10-19(15)31-24(34)14-38-21-8-6-16(9-22(21)37-4)25-18(13-29)27(30)39-23-12-28(2,3)11-20(33)26(23)25/h5-10,25H,11-12,14,30H2,1-4H3,(H,31,34)/t25-/m0/s1. The van der Waals surface area contributed by atoms with Crippen molar-refractivity contribution < 1.29 is 28.7 Å². The number of nitro benzene ring substituents is 1. The van der Waals surface area contributed by atoms with Crippen LogP contribution in [0.2, 0.25) is 0 Å². The van der Waals surface area contributed by atoms with Gasteiger partial charge in [-0.2, -0.15) is 5.26 Å². The Kier molecular flexibility index (Phi) is 7.31. The Morgan fingerprint density at radius 1 is 1.26 bits per heavy atom. The number of nitro groups is 1. The molecule has 0 saturated heterocycles. The van der Waals surface area contributed by atoms with Crippen molar-refractivity contribution in [3.05, 3.63) is 80.4 Å². The zero-order valence-electron chi connectivity index (χ0n) is 22.0. The van der Waals surface area contributed by atoms with Crippen molar-refractivity contribution in [2.75, 3.05) is 19.0 Å². The number of carbonyl (C=O) groups is 2. The van der Waals surface area contributed by atoms with Crippen LogP contribution in [0.25, 0.3) is 0 Å². The molecule has 0 radical (unpaired) electrons. The highest BCUT2D eigenvalue weighted by Crippen LogP contribution is 2.48. The molecule has 202 valence electrons. The van der Waals surface area contributed by atoms with Crippen LogP contribution in [0.5, 0.6) is 11.5 Å². The molecular weight excluding hydrogens is 504 g/mol. The minimum absolute atomic E-state index is 0.0424. The van der Waals surface area contributed by atoms with Gasteiger partial charge in [0.15, 0.2) is 23.9 Å². The summed E-state index contributed by atoms with van der Waals surface area (Å²) in [4.78, 5) is 36.2. The van der Waals surface area contributed by atoms with Gasteiger partial charge in [0.05, 0.1) is 23.6 Å². The molecule has 2 aromatic rings. The molecule has 11 heteroatoms. The van der Waals surface area contributed by atoms with Crippen LogP contribution >= 0.6 is 0 Å². The number of Topliss-reactive ketones (excluding diaryl/α,β-unsaturated/α-hetero) is 1. The summed E-state index contributed by atoms with van der Waals surface area (Å²) in [6.45, 7) is 5.26. The molecule has 1 aliphatic heterocycles. The Balaban J connectivity index is 1.58. The molecule has 0 aromatic heterocycles. The van der Waals surface area contributed by atoms with Gasteiger partial charge in [-0.3, -0.25) is 19.7 Å². The number of rotatable bonds is 7. The number of nitrogens with zero attached hydrogens (tertiary/aromatic N) is 2. The molecule has 1 amide bonds. The van der Waals surface area contributed by atoms with E-state index in [0.717, 1.165) is 0 Å². The van der Waals surface area contributed by atoms with Crippen LogP contribution in [0.1, 0.15) is 43.7 Å². The summed E-state index contributed by atoms with van der Waals surface area (Å²) >= 11 is 0. The van der Waals surface area contributed by atoms with E-state index in [2.05, 4.69) is 11.4 Å². The van der Waals surface area contributed by atoms with Crippen molar-refractivity contribution in [1.82, 2.24) is 0 Å². The minimum Gasteiger partial charge on any atom is -0.493 e. The lowest BCUT2D eigenvalue weighted by Gasteiger charge is -2.37. The van der Waals surface area contributed by atoms with Crippen molar-refractivity contribution in [3.8, 4) is 17.6 Å². The minimum atomic E-state index is -0.731. The van der Waals surface area contributed by atoms with Gasteiger partial charge >= 0.3 is 0 Å². The van der Waals surface area contributed by atoms with E-state index in [9.17, 15) is 25.0 Å². The molecule has 3 N–H and O–H groups in total. The Morgan fingerprint density at radius 3 is 2.67 bits per heavy atom. The number of nitrogens with two attached hydrogens (primary N) is 1. The number of aryl methyl sites for hydroxylation is 1. The number of nitrogens with one attached hydrogen (secondary N) is 1. The average Bonchev–Trinajstić information content (AvgIpc) is 2.87. The van der Waals surface area contributed by atoms with Gasteiger partial charge in [0.2, 0.25) is 5.88 Å². The third kappa shape index (κ3) is 5.55. The van der Waals surface area contributed by atoms with E-state index in [0.29, 0.717) is 41.0 Å². The highest BCUT2D eigenvalue weighted by molar-refractivity contribution is 6.00. The number of ketones is 1. The largest absolute Gasteiger partial charge is 0.493 e. The summed E-state index contributed by atoms with van der Waals surface area (Å²) < 4.78 is 16.9. The molecule has 11 nitrogen and oxygen atoms in total. The van der Waals surface area contributed by atoms with Crippen LogP contribution < -0.4 is 20.5 Å². The Morgan fingerprint density at radius 2 is 2.00 bits per heavy atom. The van der Waals surface area contributed by atoms with Crippen molar-refractivity contribution in [3.63, 3.8) is 0 Å². The second kappa shape index (κ2) is 10.5. The van der Waals surface area contributed by atoms with Gasteiger partial charge < -0.3 is 25.3 Å². The highest BCUT2D eigenvalue weighted by Gasteiger charge is 2.43. The second-order valence-electron chi connectivity index (χ2n) is 10.2. The zero-order chi connectivity index (χ0) is 28.5.